The van der Waals surface area contributed by atoms with Crippen LogP contribution >= 0.6 is 0 Å². The molecule has 192 valence electrons. The lowest BCUT2D eigenvalue weighted by atomic mass is 9.89. The Morgan fingerprint density at radius 3 is 2.57 bits per heavy atom. The molecule has 2 atom stereocenters. The molecule has 4 aliphatic rings. The van der Waals surface area contributed by atoms with Crippen LogP contribution in [0.3, 0.4) is 0 Å². The van der Waals surface area contributed by atoms with E-state index < -0.39 is 17.9 Å². The van der Waals surface area contributed by atoms with Gasteiger partial charge in [0.25, 0.3) is 5.91 Å². The van der Waals surface area contributed by atoms with Gasteiger partial charge in [0.05, 0.1) is 6.61 Å². The Kier molecular flexibility index (Phi) is 5.46. The molecule has 2 aromatic carbocycles. The number of ether oxygens (including phenoxy) is 1. The van der Waals surface area contributed by atoms with Crippen LogP contribution in [-0.2, 0) is 11.2 Å². The van der Waals surface area contributed by atoms with Crippen LogP contribution in [0, 0.1) is 11.7 Å². The SMILES string of the molecule is O=C1C2Cc3c([nH]c4cc(F)c(OCC5CC5)cc34)C(c3ccccc3)N2C(=O)N1CCN1CCCC1. The van der Waals surface area contributed by atoms with Crippen molar-refractivity contribution in [3.8, 4) is 5.75 Å². The highest BCUT2D eigenvalue weighted by atomic mass is 19.1. The largest absolute Gasteiger partial charge is 0.490 e. The molecule has 37 heavy (non-hydrogen) atoms. The van der Waals surface area contributed by atoms with Crippen molar-refractivity contribution in [2.45, 2.75) is 44.2 Å². The number of hydrogen-bond acceptors (Lipinski definition) is 4. The van der Waals surface area contributed by atoms with E-state index >= 15 is 0 Å². The predicted octanol–water partition coefficient (Wildman–Crippen LogP) is 4.47. The first kappa shape index (κ1) is 22.8. The summed E-state index contributed by atoms with van der Waals surface area (Å²) in [5.74, 6) is 0.224. The van der Waals surface area contributed by atoms with Gasteiger partial charge in [-0.15, -0.1) is 0 Å². The number of nitrogens with zero attached hydrogens (tertiary/aromatic N) is 3. The Hall–Kier alpha value is -3.39. The number of fused-ring (bicyclic) bond motifs is 4. The normalized spacial score (nSPS) is 23.7. The number of amides is 3. The van der Waals surface area contributed by atoms with Crippen molar-refractivity contribution in [2.75, 3.05) is 32.8 Å². The third-order valence-corrected chi connectivity index (χ3v) is 8.40. The summed E-state index contributed by atoms with van der Waals surface area (Å²) in [5.41, 5.74) is 3.39. The number of nitrogens with one attached hydrogen (secondary N) is 1. The highest BCUT2D eigenvalue weighted by molar-refractivity contribution is 6.05. The topological polar surface area (TPSA) is 68.9 Å². The maximum Gasteiger partial charge on any atom is 0.328 e. The Morgan fingerprint density at radius 2 is 1.81 bits per heavy atom. The lowest BCUT2D eigenvalue weighted by Crippen LogP contribution is -2.44. The zero-order valence-electron chi connectivity index (χ0n) is 20.8. The number of aromatic amines is 1. The van der Waals surface area contributed by atoms with Gasteiger partial charge in [0.1, 0.15) is 12.1 Å². The standard InChI is InChI=1S/C29H31FN4O3/c30-22-16-23-20(15-25(22)37-17-18-8-9-18)21-14-24-28(35)33(13-12-32-10-4-5-11-32)29(36)34(24)27(26(21)31-23)19-6-2-1-3-7-19/h1-3,6-7,15-16,18,24,27,31H,4-5,8-14,17H2. The fourth-order valence-corrected chi connectivity index (χ4v) is 6.22. The molecule has 2 unspecified atom stereocenters. The Labute approximate surface area is 215 Å². The number of carbonyl (C=O) groups is 2. The van der Waals surface area contributed by atoms with E-state index in [0.717, 1.165) is 48.1 Å². The molecule has 1 saturated carbocycles. The summed E-state index contributed by atoms with van der Waals surface area (Å²) in [6.45, 7) is 3.69. The smallest absolute Gasteiger partial charge is 0.328 e. The average molecular weight is 503 g/mol. The monoisotopic (exact) mass is 502 g/mol. The predicted molar refractivity (Wildman–Crippen MR) is 137 cm³/mol. The number of urea groups is 1. The molecular weight excluding hydrogens is 471 g/mol. The van der Waals surface area contributed by atoms with E-state index in [2.05, 4.69) is 9.88 Å². The van der Waals surface area contributed by atoms with Crippen molar-refractivity contribution in [3.63, 3.8) is 0 Å². The van der Waals surface area contributed by atoms with Crippen molar-refractivity contribution in [1.29, 1.82) is 0 Å². The number of imide groups is 1. The van der Waals surface area contributed by atoms with Crippen LogP contribution in [0.15, 0.2) is 42.5 Å². The summed E-state index contributed by atoms with van der Waals surface area (Å²) in [4.78, 5) is 36.3. The van der Waals surface area contributed by atoms with Crippen LogP contribution in [0.25, 0.3) is 10.9 Å². The van der Waals surface area contributed by atoms with Crippen LogP contribution in [0.5, 0.6) is 5.75 Å². The van der Waals surface area contributed by atoms with Gasteiger partial charge in [0.2, 0.25) is 0 Å². The number of aromatic nitrogens is 1. The summed E-state index contributed by atoms with van der Waals surface area (Å²) in [6.07, 6.45) is 4.99. The van der Waals surface area contributed by atoms with E-state index in [1.165, 1.54) is 23.8 Å². The van der Waals surface area contributed by atoms with Gasteiger partial charge in [-0.25, -0.2) is 9.18 Å². The molecule has 8 heteroatoms. The number of rotatable bonds is 7. The molecule has 3 aromatic rings. The molecule has 2 saturated heterocycles. The van der Waals surface area contributed by atoms with Crippen LogP contribution in [0.2, 0.25) is 0 Å². The van der Waals surface area contributed by atoms with E-state index in [0.29, 0.717) is 37.6 Å². The van der Waals surface area contributed by atoms with Gasteiger partial charge in [-0.2, -0.15) is 0 Å². The Bertz CT molecular complexity index is 1360. The van der Waals surface area contributed by atoms with Gasteiger partial charge in [-0.3, -0.25) is 14.6 Å². The molecular formula is C29H31FN4O3. The molecule has 3 aliphatic heterocycles. The highest BCUT2D eigenvalue weighted by Gasteiger charge is 2.52. The highest BCUT2D eigenvalue weighted by Crippen LogP contribution is 2.45. The first-order valence-corrected chi connectivity index (χ1v) is 13.5. The summed E-state index contributed by atoms with van der Waals surface area (Å²) < 4.78 is 20.7. The molecule has 1 aliphatic carbocycles. The maximum atomic E-state index is 14.9. The van der Waals surface area contributed by atoms with Crippen LogP contribution in [0.4, 0.5) is 9.18 Å². The average Bonchev–Trinajstić information content (AvgIpc) is 3.37. The molecule has 3 fully saturated rings. The third kappa shape index (κ3) is 3.89. The first-order valence-electron chi connectivity index (χ1n) is 13.5. The molecule has 0 radical (unpaired) electrons. The quantitative estimate of drug-likeness (QED) is 0.484. The molecule has 0 bridgehead atoms. The Morgan fingerprint density at radius 1 is 1.03 bits per heavy atom. The van der Waals surface area contributed by atoms with E-state index in [4.69, 9.17) is 4.74 Å². The van der Waals surface area contributed by atoms with Crippen LogP contribution < -0.4 is 4.74 Å². The lowest BCUT2D eigenvalue weighted by Gasteiger charge is -2.36. The van der Waals surface area contributed by atoms with E-state index in [1.807, 2.05) is 30.3 Å². The number of benzene rings is 2. The molecule has 1 N–H and O–H groups in total. The lowest BCUT2D eigenvalue weighted by molar-refractivity contribution is -0.128. The minimum absolute atomic E-state index is 0.141. The maximum absolute atomic E-state index is 14.9. The van der Waals surface area contributed by atoms with Crippen molar-refractivity contribution in [1.82, 2.24) is 19.7 Å². The van der Waals surface area contributed by atoms with Gasteiger partial charge in [-0.1, -0.05) is 30.3 Å². The van der Waals surface area contributed by atoms with Gasteiger partial charge < -0.3 is 14.6 Å². The second-order valence-corrected chi connectivity index (χ2v) is 10.9. The third-order valence-electron chi connectivity index (χ3n) is 8.40. The molecule has 0 spiro atoms. The summed E-state index contributed by atoms with van der Waals surface area (Å²) >= 11 is 0. The van der Waals surface area contributed by atoms with Gasteiger partial charge in [0, 0.05) is 42.2 Å². The van der Waals surface area contributed by atoms with E-state index in [1.54, 1.807) is 11.0 Å². The van der Waals surface area contributed by atoms with Gasteiger partial charge in [0.15, 0.2) is 11.6 Å². The Balaban J connectivity index is 1.28. The molecule has 7 rings (SSSR count). The minimum Gasteiger partial charge on any atom is -0.490 e. The van der Waals surface area contributed by atoms with E-state index in [9.17, 15) is 14.0 Å². The summed E-state index contributed by atoms with van der Waals surface area (Å²) in [5, 5.41) is 0.860. The van der Waals surface area contributed by atoms with Crippen LogP contribution in [-0.4, -0.2) is 70.4 Å². The number of H-pyrrole nitrogens is 1. The minimum atomic E-state index is -0.580. The number of hydrogen-bond donors (Lipinski definition) is 1. The fourth-order valence-electron chi connectivity index (χ4n) is 6.22. The zero-order valence-corrected chi connectivity index (χ0v) is 20.8. The van der Waals surface area contributed by atoms with Crippen molar-refractivity contribution in [3.05, 3.63) is 65.1 Å². The summed E-state index contributed by atoms with van der Waals surface area (Å²) in [6, 6.07) is 11.8. The molecule has 7 nitrogen and oxygen atoms in total. The number of halogens is 1. The summed E-state index contributed by atoms with van der Waals surface area (Å²) in [7, 11) is 0. The number of carbonyl (C=O) groups excluding carboxylic acids is 2. The molecule has 4 heterocycles. The molecule has 1 aromatic heterocycles. The number of likely N-dealkylation sites (tertiary alicyclic amines) is 1. The van der Waals surface area contributed by atoms with Crippen molar-refractivity contribution in [2.24, 2.45) is 5.92 Å². The first-order chi connectivity index (χ1) is 18.1. The fraction of sp³-hybridized carbons (Fsp3) is 0.448. The van der Waals surface area contributed by atoms with Gasteiger partial charge >= 0.3 is 6.03 Å². The second-order valence-electron chi connectivity index (χ2n) is 10.9. The zero-order chi connectivity index (χ0) is 25.1. The van der Waals surface area contributed by atoms with Gasteiger partial charge in [-0.05, 0) is 61.9 Å². The van der Waals surface area contributed by atoms with E-state index in [-0.39, 0.29) is 17.7 Å². The second kappa shape index (κ2) is 8.87. The van der Waals surface area contributed by atoms with Crippen LogP contribution in [0.1, 0.15) is 48.5 Å². The molecule has 3 amide bonds. The van der Waals surface area contributed by atoms with Crippen molar-refractivity contribution >= 4 is 22.8 Å². The van der Waals surface area contributed by atoms with Crippen molar-refractivity contribution < 1.29 is 18.7 Å².